The van der Waals surface area contributed by atoms with Crippen LogP contribution in [0.4, 0.5) is 0 Å². The third-order valence-electron chi connectivity index (χ3n) is 2.73. The van der Waals surface area contributed by atoms with Crippen molar-refractivity contribution in [2.24, 2.45) is 0 Å². The Labute approximate surface area is 118 Å². The van der Waals surface area contributed by atoms with Crippen LogP contribution < -0.4 is 5.32 Å². The number of hydrogen-bond donors (Lipinski definition) is 1. The lowest BCUT2D eigenvalue weighted by Gasteiger charge is -2.18. The molecular weight excluding hydrogens is 258 g/mol. The minimum atomic E-state index is 0.443. The van der Waals surface area contributed by atoms with Crippen LogP contribution in [-0.4, -0.2) is 12.3 Å². The molecule has 1 atom stereocenters. The van der Waals surface area contributed by atoms with E-state index in [1.54, 1.807) is 0 Å². The second kappa shape index (κ2) is 7.62. The van der Waals surface area contributed by atoms with Crippen LogP contribution in [0.1, 0.15) is 24.9 Å². The maximum absolute atomic E-state index is 3.63. The summed E-state index contributed by atoms with van der Waals surface area (Å²) in [4.78, 5) is 0. The molecule has 1 N–H and O–H groups in total. The molecule has 2 rings (SSSR count). The topological polar surface area (TPSA) is 12.0 Å². The zero-order valence-corrected chi connectivity index (χ0v) is 12.3. The van der Waals surface area contributed by atoms with Crippen molar-refractivity contribution in [2.45, 2.75) is 23.6 Å². The molecule has 0 aliphatic carbocycles. The Kier molecular flexibility index (Phi) is 5.78. The highest BCUT2D eigenvalue weighted by atomic mass is 32.2. The molecule has 2 aromatic rings. The van der Waals surface area contributed by atoms with E-state index in [-0.39, 0.29) is 0 Å². The van der Waals surface area contributed by atoms with Gasteiger partial charge in [0.15, 0.2) is 0 Å². The first-order valence-corrected chi connectivity index (χ1v) is 8.21. The molecule has 1 aromatic heterocycles. The van der Waals surface area contributed by atoms with Crippen molar-refractivity contribution in [3.8, 4) is 0 Å². The molecule has 0 aliphatic rings. The number of thioether (sulfide) groups is 1. The maximum atomic E-state index is 3.63. The van der Waals surface area contributed by atoms with Crippen LogP contribution in [0.5, 0.6) is 0 Å². The van der Waals surface area contributed by atoms with Gasteiger partial charge in [-0.25, -0.2) is 0 Å². The highest BCUT2D eigenvalue weighted by Crippen LogP contribution is 2.28. The Morgan fingerprint density at radius 3 is 2.67 bits per heavy atom. The summed E-state index contributed by atoms with van der Waals surface area (Å²) in [5.41, 5.74) is 1.38. The van der Waals surface area contributed by atoms with Crippen LogP contribution >= 0.6 is 23.1 Å². The number of hydrogen-bond acceptors (Lipinski definition) is 3. The number of thiophene rings is 1. The fourth-order valence-corrected chi connectivity index (χ4v) is 3.70. The van der Waals surface area contributed by atoms with Gasteiger partial charge in [0.1, 0.15) is 0 Å². The molecule has 0 aliphatic heterocycles. The largest absolute Gasteiger partial charge is 0.309 e. The Morgan fingerprint density at radius 1 is 1.17 bits per heavy atom. The normalized spacial score (nSPS) is 12.5. The number of benzene rings is 1. The second-order valence-corrected chi connectivity index (χ2v) is 6.43. The summed E-state index contributed by atoms with van der Waals surface area (Å²) in [5.74, 6) is 1.09. The predicted molar refractivity (Wildman–Crippen MR) is 82.5 cm³/mol. The van der Waals surface area contributed by atoms with Crippen LogP contribution in [0.15, 0.2) is 52.1 Å². The molecule has 0 radical (unpaired) electrons. The van der Waals surface area contributed by atoms with E-state index in [1.165, 1.54) is 16.2 Å². The van der Waals surface area contributed by atoms with E-state index in [0.29, 0.717) is 6.04 Å². The smallest absolute Gasteiger partial charge is 0.0599 e. The Hall–Kier alpha value is -0.770. The van der Waals surface area contributed by atoms with E-state index in [4.69, 9.17) is 0 Å². The van der Waals surface area contributed by atoms with Crippen molar-refractivity contribution in [1.29, 1.82) is 0 Å². The van der Waals surface area contributed by atoms with Gasteiger partial charge in [-0.3, -0.25) is 0 Å². The summed E-state index contributed by atoms with van der Waals surface area (Å²) in [6, 6.07) is 15.5. The van der Waals surface area contributed by atoms with Crippen LogP contribution in [0.3, 0.4) is 0 Å². The lowest BCUT2D eigenvalue weighted by atomic mass is 10.1. The van der Waals surface area contributed by atoms with Crippen molar-refractivity contribution in [1.82, 2.24) is 5.32 Å². The van der Waals surface area contributed by atoms with Gasteiger partial charge >= 0.3 is 0 Å². The fraction of sp³-hybridized carbons (Fsp3) is 0.333. The van der Waals surface area contributed by atoms with Gasteiger partial charge < -0.3 is 5.32 Å². The first-order chi connectivity index (χ1) is 8.90. The van der Waals surface area contributed by atoms with Gasteiger partial charge in [-0.1, -0.05) is 43.3 Å². The van der Waals surface area contributed by atoms with E-state index in [2.05, 4.69) is 60.1 Å². The lowest BCUT2D eigenvalue weighted by Crippen LogP contribution is -2.23. The molecule has 0 saturated heterocycles. The van der Waals surface area contributed by atoms with Crippen molar-refractivity contribution in [3.63, 3.8) is 0 Å². The summed E-state index contributed by atoms with van der Waals surface area (Å²) in [6.07, 6.45) is 1.17. The quantitative estimate of drug-likeness (QED) is 0.743. The fourth-order valence-electron chi connectivity index (χ4n) is 1.79. The Balaban J connectivity index is 1.96. The molecule has 0 spiro atoms. The first-order valence-electron chi connectivity index (χ1n) is 6.34. The van der Waals surface area contributed by atoms with Gasteiger partial charge in [0, 0.05) is 11.8 Å². The zero-order chi connectivity index (χ0) is 12.6. The molecule has 96 valence electrons. The highest BCUT2D eigenvalue weighted by Gasteiger charge is 2.10. The van der Waals surface area contributed by atoms with Gasteiger partial charge in [0.2, 0.25) is 0 Å². The van der Waals surface area contributed by atoms with Crippen molar-refractivity contribution < 1.29 is 0 Å². The van der Waals surface area contributed by atoms with E-state index < -0.39 is 0 Å². The molecule has 3 heteroatoms. The average molecular weight is 277 g/mol. The summed E-state index contributed by atoms with van der Waals surface area (Å²) in [5, 5.41) is 5.77. The zero-order valence-electron chi connectivity index (χ0n) is 10.6. The third-order valence-corrected chi connectivity index (χ3v) is 4.95. The van der Waals surface area contributed by atoms with Crippen molar-refractivity contribution in [3.05, 3.63) is 53.4 Å². The summed E-state index contributed by atoms with van der Waals surface area (Å²) >= 11 is 3.76. The molecule has 1 heterocycles. The van der Waals surface area contributed by atoms with Crippen molar-refractivity contribution in [2.75, 3.05) is 12.3 Å². The molecular formula is C15H19NS2. The Morgan fingerprint density at radius 2 is 2.00 bits per heavy atom. The Bertz CT molecular complexity index is 425. The van der Waals surface area contributed by atoms with E-state index in [0.717, 1.165) is 12.3 Å². The summed E-state index contributed by atoms with van der Waals surface area (Å²) in [6.45, 7) is 3.28. The predicted octanol–water partition coefficient (Wildman–Crippen LogP) is 4.58. The van der Waals surface area contributed by atoms with Gasteiger partial charge in [-0.15, -0.1) is 23.1 Å². The van der Waals surface area contributed by atoms with E-state index in [1.807, 2.05) is 23.1 Å². The molecule has 0 bridgehead atoms. The van der Waals surface area contributed by atoms with Gasteiger partial charge in [0.25, 0.3) is 0 Å². The lowest BCUT2D eigenvalue weighted by molar-refractivity contribution is 0.577. The van der Waals surface area contributed by atoms with Gasteiger partial charge in [-0.2, -0.15) is 0 Å². The van der Waals surface area contributed by atoms with Gasteiger partial charge in [0.05, 0.1) is 4.21 Å². The van der Waals surface area contributed by atoms with E-state index >= 15 is 0 Å². The molecule has 1 nitrogen and oxygen atoms in total. The average Bonchev–Trinajstić information content (AvgIpc) is 2.93. The SMILES string of the molecule is CCCNC(CSc1cccs1)c1ccccc1. The van der Waals surface area contributed by atoms with Gasteiger partial charge in [-0.05, 0) is 30.0 Å². The molecule has 0 amide bonds. The maximum Gasteiger partial charge on any atom is 0.0599 e. The highest BCUT2D eigenvalue weighted by molar-refractivity contribution is 8.01. The summed E-state index contributed by atoms with van der Waals surface area (Å²) < 4.78 is 1.40. The molecule has 1 unspecified atom stereocenters. The monoisotopic (exact) mass is 277 g/mol. The van der Waals surface area contributed by atoms with Crippen LogP contribution in [0.25, 0.3) is 0 Å². The first kappa shape index (κ1) is 13.7. The molecule has 0 saturated carbocycles. The van der Waals surface area contributed by atoms with Crippen molar-refractivity contribution >= 4 is 23.1 Å². The van der Waals surface area contributed by atoms with Crippen LogP contribution in [0.2, 0.25) is 0 Å². The van der Waals surface area contributed by atoms with Crippen LogP contribution in [-0.2, 0) is 0 Å². The summed E-state index contributed by atoms with van der Waals surface area (Å²) in [7, 11) is 0. The standard InChI is InChI=1S/C15H19NS2/c1-2-10-16-14(13-7-4-3-5-8-13)12-18-15-9-6-11-17-15/h3-9,11,14,16H,2,10,12H2,1H3. The molecule has 1 aromatic carbocycles. The number of nitrogens with one attached hydrogen (secondary N) is 1. The minimum absolute atomic E-state index is 0.443. The molecule has 18 heavy (non-hydrogen) atoms. The number of rotatable bonds is 7. The second-order valence-electron chi connectivity index (χ2n) is 4.16. The van der Waals surface area contributed by atoms with Crippen LogP contribution in [0, 0.1) is 0 Å². The molecule has 0 fully saturated rings. The third kappa shape index (κ3) is 4.16. The van der Waals surface area contributed by atoms with E-state index in [9.17, 15) is 0 Å². The minimum Gasteiger partial charge on any atom is -0.309 e.